The smallest absolute Gasteiger partial charge is 0.343 e. The molecule has 3 aliphatic carbocycles. The average molecular weight is 1920 g/mol. The fourth-order valence-electron chi connectivity index (χ4n) is 20.3. The molecule has 4 aromatic carbocycles. The van der Waals surface area contributed by atoms with Crippen molar-refractivity contribution in [1.82, 2.24) is 55.9 Å². The zero-order valence-corrected chi connectivity index (χ0v) is 78.5. The number of ether oxygens (including phenoxy) is 2. The third-order valence-electron chi connectivity index (χ3n) is 28.0. The topological polar surface area (TPSA) is 460 Å². The largest absolute Gasteiger partial charge is 0.458 e. The van der Waals surface area contributed by atoms with Crippen LogP contribution in [-0.2, 0) is 145 Å². The monoisotopic (exact) mass is 1910 g/mol. The number of Topliss-reactive ketones (excluding diaryl/α,β-unsaturated/α-hetero) is 5. The predicted octanol–water partition coefficient (Wildman–Crippen LogP) is 8.03. The molecular formula is C101H109F2N11O21S2. The van der Waals surface area contributed by atoms with Crippen LogP contribution >= 0.6 is 24.4 Å². The Kier molecular flexibility index (Phi) is 30.4. The fourth-order valence-corrected chi connectivity index (χ4v) is 21.7. The summed E-state index contributed by atoms with van der Waals surface area (Å²) in [6.45, 7) is 6.42. The van der Waals surface area contributed by atoms with Crippen LogP contribution in [0, 0.1) is 49.2 Å². The molecule has 1 saturated carbocycles. The first-order chi connectivity index (χ1) is 65.6. The number of nitrogens with zero attached hydrogens (tertiary/aromatic N) is 5. The molecule has 5 aliphatic heterocycles. The van der Waals surface area contributed by atoms with Crippen molar-refractivity contribution < 1.29 is 100 Å². The van der Waals surface area contributed by atoms with Crippen LogP contribution in [0.4, 0.5) is 8.78 Å². The number of aryl methyl sites for hydroxylation is 2. The van der Waals surface area contributed by atoms with Gasteiger partial charge in [-0.2, -0.15) is 12.6 Å². The van der Waals surface area contributed by atoms with E-state index in [-0.39, 0.29) is 180 Å². The summed E-state index contributed by atoms with van der Waals surface area (Å²) in [7, 11) is 0. The molecule has 1 saturated heterocycles. The van der Waals surface area contributed by atoms with Gasteiger partial charge < -0.3 is 60.7 Å². The second kappa shape index (κ2) is 42.1. The number of cyclic esters (lactones) is 2. The molecule has 720 valence electrons. The molecule has 8 aromatic rings. The maximum absolute atomic E-state index is 15.5. The normalized spacial score (nSPS) is 20.0. The molecule has 0 radical (unpaired) electrons. The molecule has 7 atom stereocenters. The number of aromatic nitrogens is 4. The molecule has 4 aromatic heterocycles. The van der Waals surface area contributed by atoms with Crippen LogP contribution in [0.2, 0.25) is 0 Å². The van der Waals surface area contributed by atoms with Crippen LogP contribution in [0.25, 0.3) is 44.6 Å². The number of hydrogen-bond donors (Lipinski definition) is 9. The van der Waals surface area contributed by atoms with Gasteiger partial charge in [0, 0.05) is 133 Å². The number of thiol groups is 1. The zero-order valence-electron chi connectivity index (χ0n) is 76.8. The Morgan fingerprint density at radius 1 is 0.533 bits per heavy atom. The number of carbonyl (C=O) groups excluding carboxylic acids is 15. The SMILES string of the molecule is CC[C@@]1(O)C(=O)OCc2c1cc1n(c2=O)Cc2c-1nc1cc(F)c(C)c3c1c2[C@@H](NC(=O)CNC(=O)[C@@H](CC(=O)CNC(=O)CCC(=O)CCS)Cc1ccccc1)CC3.CC[C@@]1(O)C(=O)OCc2c1cc1n(c2=O)Cc2c-1nc1cc(F)c(C)c3c1c2[C@@H](NC(=O)CNC(=O)[C@@H](CC(=O)CNC(=O)CCC(=O)CCSC1CC(=O)N(CC2CCC(C(C)=O)CC2)C1=O)Cc1ccccc1)CC3. The van der Waals surface area contributed by atoms with Gasteiger partial charge in [-0.15, -0.1) is 11.8 Å². The number of imide groups is 1. The maximum atomic E-state index is 15.5. The van der Waals surface area contributed by atoms with Gasteiger partial charge in [-0.3, -0.25) is 76.8 Å². The Labute approximate surface area is 796 Å². The number of fused-ring (bicyclic) bond motifs is 10. The molecule has 8 N–H and O–H groups in total. The quantitative estimate of drug-likeness (QED) is 0.0101. The Morgan fingerprint density at radius 3 is 1.39 bits per heavy atom. The average Bonchev–Trinajstić information content (AvgIpc) is 1.56. The standard InChI is InChI=1S/C57H63FN6O12S.C44H46FN5O9S/c1-4-57(75)41-22-45-52-39(28-63(45)54(72)40(41)29-76-56(57)74)51-43(16-15-38-30(2)42(58)23-44(62-52)50(38)51)61-48(69)26-60-53(71)35(20-32-8-6-5-7-9-32)21-37(67)25-59-47(68)17-14-36(66)18-19-77-46-24-49(70)64(55(46)73)27-33-10-12-34(13-11-33)31(3)65;1-3-44(58)31-17-35-40-29(21-50(35)42(56)30(31)22-59-43(44)57)39-33(11-10-28-23(2)32(45)18-34(49-40)38(28)39)48-37(54)20-47-41(55)25(15-24-7-5-4-6-8-24)16-27(52)19-46-36(53)12-9-26(51)13-14-60/h5-9,22-23,33-35,43,46,75H,4,10-21,24-29H2,1-3H3,(H,59,68)(H,60,71)(H,61,69);4-8,17-18,25,33,58,60H,3,9-16,19-22H2,1-2H3,(H,46,53)(H,47,55)(H,48,54)/t33?,34?,35-,43+,46?,57+;25-,33+,44+/m11/s1. The van der Waals surface area contributed by atoms with E-state index in [4.69, 9.17) is 19.4 Å². The van der Waals surface area contributed by atoms with Crippen molar-refractivity contribution in [3.8, 4) is 22.8 Å². The number of halogens is 2. The highest BCUT2D eigenvalue weighted by Gasteiger charge is 2.49. The van der Waals surface area contributed by atoms with Crippen LogP contribution in [0.5, 0.6) is 0 Å². The minimum Gasteiger partial charge on any atom is -0.458 e. The summed E-state index contributed by atoms with van der Waals surface area (Å²) >= 11 is 5.27. The second-order valence-electron chi connectivity index (χ2n) is 36.7. The van der Waals surface area contributed by atoms with Gasteiger partial charge in [-0.25, -0.2) is 28.3 Å². The first-order valence-corrected chi connectivity index (χ1v) is 48.3. The van der Waals surface area contributed by atoms with E-state index in [0.717, 1.165) is 47.9 Å². The van der Waals surface area contributed by atoms with Crippen LogP contribution in [0.3, 0.4) is 0 Å². The molecule has 16 rings (SSSR count). The summed E-state index contributed by atoms with van der Waals surface area (Å²) in [5.74, 6) is -8.16. The van der Waals surface area contributed by atoms with Crippen LogP contribution in [0.15, 0.2) is 94.5 Å². The lowest BCUT2D eigenvalue weighted by molar-refractivity contribution is -0.172. The minimum atomic E-state index is -2.06. The molecule has 8 amide bonds. The molecule has 2 fully saturated rings. The molecule has 32 nitrogen and oxygen atoms in total. The van der Waals surface area contributed by atoms with Gasteiger partial charge in [0.25, 0.3) is 11.1 Å². The fraction of sp³-hybridized carbons (Fsp3) is 0.455. The molecule has 137 heavy (non-hydrogen) atoms. The van der Waals surface area contributed by atoms with Crippen molar-refractivity contribution in [1.29, 1.82) is 0 Å². The van der Waals surface area contributed by atoms with E-state index in [1.165, 1.54) is 37.9 Å². The van der Waals surface area contributed by atoms with Crippen molar-refractivity contribution in [3.63, 3.8) is 0 Å². The molecule has 1 unspecified atom stereocenters. The van der Waals surface area contributed by atoms with Gasteiger partial charge >= 0.3 is 11.9 Å². The number of benzene rings is 4. The highest BCUT2D eigenvalue weighted by Crippen LogP contribution is 2.49. The highest BCUT2D eigenvalue weighted by molar-refractivity contribution is 8.00. The first kappa shape index (κ1) is 98.8. The summed E-state index contributed by atoms with van der Waals surface area (Å²) < 4.78 is 44.3. The maximum Gasteiger partial charge on any atom is 0.343 e. The number of likely N-dealkylation sites (tertiary alicyclic amines) is 1. The molecule has 36 heteroatoms. The van der Waals surface area contributed by atoms with E-state index in [0.29, 0.717) is 122 Å². The van der Waals surface area contributed by atoms with Gasteiger partial charge in [-0.1, -0.05) is 74.5 Å². The Balaban J connectivity index is 0.000000215. The second-order valence-corrected chi connectivity index (χ2v) is 38.5. The Bertz CT molecular complexity index is 6440. The lowest BCUT2D eigenvalue weighted by atomic mass is 9.80. The number of amides is 8. The van der Waals surface area contributed by atoms with Crippen molar-refractivity contribution in [2.75, 3.05) is 44.2 Å². The third-order valence-corrected chi connectivity index (χ3v) is 29.4. The summed E-state index contributed by atoms with van der Waals surface area (Å²) in [4.78, 5) is 233. The molecule has 0 spiro atoms. The summed E-state index contributed by atoms with van der Waals surface area (Å²) in [6, 6.07) is 22.6. The van der Waals surface area contributed by atoms with E-state index >= 15 is 8.78 Å². The van der Waals surface area contributed by atoms with Crippen LogP contribution in [0.1, 0.15) is 220 Å². The Morgan fingerprint density at radius 2 is 0.971 bits per heavy atom. The lowest BCUT2D eigenvalue weighted by Gasteiger charge is -2.31. The minimum absolute atomic E-state index is 0.0352. The molecular weight excluding hydrogens is 1810 g/mol. The third kappa shape index (κ3) is 21.0. The van der Waals surface area contributed by atoms with Crippen molar-refractivity contribution >= 4 is 134 Å². The summed E-state index contributed by atoms with van der Waals surface area (Å²) in [5.41, 5.74) is 4.01. The van der Waals surface area contributed by atoms with Gasteiger partial charge in [0.05, 0.1) is 102 Å². The summed E-state index contributed by atoms with van der Waals surface area (Å²) in [6.07, 6.45) is 4.55. The van der Waals surface area contributed by atoms with Gasteiger partial charge in [-0.05, 0) is 166 Å². The van der Waals surface area contributed by atoms with Crippen molar-refractivity contribution in [2.24, 2.45) is 23.7 Å². The number of rotatable bonds is 37. The number of pyridine rings is 4. The van der Waals surface area contributed by atoms with E-state index in [1.807, 2.05) is 36.4 Å². The van der Waals surface area contributed by atoms with Gasteiger partial charge in [0.15, 0.2) is 22.8 Å². The number of nitrogens with one attached hydrogen (secondary N) is 6. The zero-order chi connectivity index (χ0) is 97.7. The summed E-state index contributed by atoms with van der Waals surface area (Å²) in [5, 5.41) is 40.0. The van der Waals surface area contributed by atoms with E-state index < -0.39 is 142 Å². The molecule has 0 bridgehead atoms. The molecule has 9 heterocycles. The number of ketones is 5. The van der Waals surface area contributed by atoms with Crippen molar-refractivity contribution in [2.45, 2.75) is 224 Å². The van der Waals surface area contributed by atoms with E-state index in [2.05, 4.69) is 44.5 Å². The Hall–Kier alpha value is -12.7. The van der Waals surface area contributed by atoms with E-state index in [1.54, 1.807) is 71.0 Å². The number of thioether (sulfide) groups is 1. The van der Waals surface area contributed by atoms with Crippen LogP contribution in [-0.4, -0.2) is 172 Å². The molecule has 8 aliphatic rings. The van der Waals surface area contributed by atoms with Crippen molar-refractivity contribution in [3.05, 3.63) is 195 Å². The number of esters is 2. The number of hydrogen-bond acceptors (Lipinski definition) is 25. The predicted molar refractivity (Wildman–Crippen MR) is 501 cm³/mol. The van der Waals surface area contributed by atoms with Gasteiger partial charge in [0.1, 0.15) is 42.2 Å². The van der Waals surface area contributed by atoms with E-state index in [9.17, 15) is 91.7 Å². The highest BCUT2D eigenvalue weighted by atomic mass is 32.2. The van der Waals surface area contributed by atoms with Crippen LogP contribution < -0.4 is 43.0 Å². The number of aliphatic hydroxyl groups is 2. The number of carbonyl (C=O) groups is 15. The first-order valence-electron chi connectivity index (χ1n) is 46.6. The lowest BCUT2D eigenvalue weighted by Crippen LogP contribution is -2.44. The van der Waals surface area contributed by atoms with Gasteiger partial charge in [0.2, 0.25) is 47.3 Å².